The third-order valence-electron chi connectivity index (χ3n) is 2.79. The third-order valence-corrected chi connectivity index (χ3v) is 4.16. The normalized spacial score (nSPS) is 11.6. The quantitative estimate of drug-likeness (QED) is 0.815. The number of hydrogen-bond acceptors (Lipinski definition) is 3. The number of para-hydroxylation sites is 2. The Morgan fingerprint density at radius 3 is 2.83 bits per heavy atom. The SMILES string of the molecule is CC(C)CSCCn1c(CO)nc2ccccc21. The number of hydrogen-bond donors (Lipinski definition) is 1. The van der Waals surface area contributed by atoms with Gasteiger partial charge in [0.05, 0.1) is 11.0 Å². The first kappa shape index (κ1) is 13.4. The Balaban J connectivity index is 2.10. The van der Waals surface area contributed by atoms with Gasteiger partial charge in [0.1, 0.15) is 12.4 Å². The van der Waals surface area contributed by atoms with Gasteiger partial charge in [-0.3, -0.25) is 0 Å². The summed E-state index contributed by atoms with van der Waals surface area (Å²) in [5.41, 5.74) is 2.09. The van der Waals surface area contributed by atoms with E-state index in [-0.39, 0.29) is 6.61 Å². The van der Waals surface area contributed by atoms with Crippen LogP contribution in [0, 0.1) is 5.92 Å². The Morgan fingerprint density at radius 2 is 2.11 bits per heavy atom. The molecule has 1 aromatic heterocycles. The van der Waals surface area contributed by atoms with Crippen LogP contribution in [0.5, 0.6) is 0 Å². The number of aromatic nitrogens is 2. The van der Waals surface area contributed by atoms with Crippen LogP contribution in [-0.4, -0.2) is 26.2 Å². The predicted octanol–water partition coefficient (Wildman–Crippen LogP) is 2.92. The van der Waals surface area contributed by atoms with Crippen LogP contribution in [-0.2, 0) is 13.2 Å². The van der Waals surface area contributed by atoms with Crippen LogP contribution < -0.4 is 0 Å². The number of thioether (sulfide) groups is 1. The van der Waals surface area contributed by atoms with Crippen molar-refractivity contribution < 1.29 is 5.11 Å². The Morgan fingerprint density at radius 1 is 1.33 bits per heavy atom. The van der Waals surface area contributed by atoms with Crippen molar-refractivity contribution in [2.75, 3.05) is 11.5 Å². The van der Waals surface area contributed by atoms with E-state index in [1.54, 1.807) is 0 Å². The number of rotatable bonds is 6. The molecule has 0 unspecified atom stereocenters. The lowest BCUT2D eigenvalue weighted by atomic mass is 10.3. The van der Waals surface area contributed by atoms with E-state index in [1.807, 2.05) is 30.0 Å². The van der Waals surface area contributed by atoms with Gasteiger partial charge in [-0.05, 0) is 23.8 Å². The highest BCUT2D eigenvalue weighted by Crippen LogP contribution is 2.17. The Bertz CT molecular complexity index is 507. The highest BCUT2D eigenvalue weighted by Gasteiger charge is 2.08. The summed E-state index contributed by atoms with van der Waals surface area (Å²) >= 11 is 1.96. The minimum atomic E-state index is 0.00350. The van der Waals surface area contributed by atoms with Gasteiger partial charge in [0.25, 0.3) is 0 Å². The van der Waals surface area contributed by atoms with E-state index in [1.165, 1.54) is 5.75 Å². The molecule has 3 nitrogen and oxygen atoms in total. The molecule has 1 N–H and O–H groups in total. The van der Waals surface area contributed by atoms with Gasteiger partial charge in [-0.25, -0.2) is 4.98 Å². The minimum absolute atomic E-state index is 0.00350. The average Bonchev–Trinajstić information content (AvgIpc) is 2.72. The van der Waals surface area contributed by atoms with Crippen molar-refractivity contribution in [2.45, 2.75) is 27.0 Å². The lowest BCUT2D eigenvalue weighted by Crippen LogP contribution is -2.06. The first-order chi connectivity index (χ1) is 8.72. The van der Waals surface area contributed by atoms with Crippen LogP contribution in [0.15, 0.2) is 24.3 Å². The van der Waals surface area contributed by atoms with Crippen molar-refractivity contribution in [2.24, 2.45) is 5.92 Å². The molecule has 1 aromatic carbocycles. The molecule has 0 saturated carbocycles. The molecule has 0 atom stereocenters. The number of nitrogens with zero attached hydrogens (tertiary/aromatic N) is 2. The summed E-state index contributed by atoms with van der Waals surface area (Å²) < 4.78 is 2.13. The van der Waals surface area contributed by atoms with Crippen molar-refractivity contribution in [3.05, 3.63) is 30.1 Å². The zero-order valence-corrected chi connectivity index (χ0v) is 11.8. The van der Waals surface area contributed by atoms with Crippen LogP contribution in [0.2, 0.25) is 0 Å². The number of benzene rings is 1. The lowest BCUT2D eigenvalue weighted by Gasteiger charge is -2.08. The summed E-state index contributed by atoms with van der Waals surface area (Å²) in [7, 11) is 0. The van der Waals surface area contributed by atoms with Crippen LogP contribution in [0.1, 0.15) is 19.7 Å². The molecule has 4 heteroatoms. The first-order valence-electron chi connectivity index (χ1n) is 6.35. The fourth-order valence-corrected chi connectivity index (χ4v) is 2.92. The average molecular weight is 264 g/mol. The fraction of sp³-hybridized carbons (Fsp3) is 0.500. The molecule has 0 saturated heterocycles. The zero-order chi connectivity index (χ0) is 13.0. The van der Waals surface area contributed by atoms with E-state index >= 15 is 0 Å². The van der Waals surface area contributed by atoms with E-state index in [4.69, 9.17) is 0 Å². The number of fused-ring (bicyclic) bond motifs is 1. The van der Waals surface area contributed by atoms with Gasteiger partial charge in [-0.15, -0.1) is 0 Å². The summed E-state index contributed by atoms with van der Waals surface area (Å²) in [5.74, 6) is 3.74. The summed E-state index contributed by atoms with van der Waals surface area (Å²) in [6, 6.07) is 8.05. The molecule has 0 aliphatic carbocycles. The second-order valence-corrected chi connectivity index (χ2v) is 5.95. The second-order valence-electron chi connectivity index (χ2n) is 4.80. The minimum Gasteiger partial charge on any atom is -0.388 e. The van der Waals surface area contributed by atoms with Gasteiger partial charge in [0, 0.05) is 12.3 Å². The summed E-state index contributed by atoms with van der Waals surface area (Å²) in [4.78, 5) is 4.45. The smallest absolute Gasteiger partial charge is 0.135 e. The van der Waals surface area contributed by atoms with Crippen molar-refractivity contribution >= 4 is 22.8 Å². The maximum absolute atomic E-state index is 9.37. The maximum Gasteiger partial charge on any atom is 0.135 e. The zero-order valence-electron chi connectivity index (χ0n) is 11.0. The number of imidazole rings is 1. The van der Waals surface area contributed by atoms with E-state index < -0.39 is 0 Å². The van der Waals surface area contributed by atoms with Crippen LogP contribution >= 0.6 is 11.8 Å². The molecule has 0 amide bonds. The third kappa shape index (κ3) is 3.06. The van der Waals surface area contributed by atoms with Gasteiger partial charge in [0.2, 0.25) is 0 Å². The van der Waals surface area contributed by atoms with Crippen LogP contribution in [0.3, 0.4) is 0 Å². The van der Waals surface area contributed by atoms with Gasteiger partial charge < -0.3 is 9.67 Å². The van der Waals surface area contributed by atoms with E-state index in [0.717, 1.165) is 35.1 Å². The molecule has 0 aliphatic rings. The van der Waals surface area contributed by atoms with Crippen molar-refractivity contribution in [3.8, 4) is 0 Å². The first-order valence-corrected chi connectivity index (χ1v) is 7.50. The topological polar surface area (TPSA) is 38.0 Å². The largest absolute Gasteiger partial charge is 0.388 e. The summed E-state index contributed by atoms with van der Waals surface area (Å²) in [5, 5.41) is 9.37. The molecule has 0 spiro atoms. The van der Waals surface area contributed by atoms with E-state index in [0.29, 0.717) is 0 Å². The Hall–Kier alpha value is -1.00. The molecular weight excluding hydrogens is 244 g/mol. The summed E-state index contributed by atoms with van der Waals surface area (Å²) in [6.45, 7) is 5.38. The number of aryl methyl sites for hydroxylation is 1. The standard InChI is InChI=1S/C14H20N2OS/c1-11(2)10-18-8-7-16-13-6-4-3-5-12(13)15-14(16)9-17/h3-6,11,17H,7-10H2,1-2H3. The lowest BCUT2D eigenvalue weighted by molar-refractivity contribution is 0.266. The highest BCUT2D eigenvalue weighted by molar-refractivity contribution is 7.99. The molecule has 18 heavy (non-hydrogen) atoms. The fourth-order valence-electron chi connectivity index (χ4n) is 1.97. The van der Waals surface area contributed by atoms with E-state index in [9.17, 15) is 5.11 Å². The molecule has 0 bridgehead atoms. The van der Waals surface area contributed by atoms with Gasteiger partial charge in [-0.2, -0.15) is 11.8 Å². The summed E-state index contributed by atoms with van der Waals surface area (Å²) in [6.07, 6.45) is 0. The number of aliphatic hydroxyl groups is 1. The highest BCUT2D eigenvalue weighted by atomic mass is 32.2. The van der Waals surface area contributed by atoms with E-state index in [2.05, 4.69) is 29.5 Å². The molecule has 98 valence electrons. The van der Waals surface area contributed by atoms with Crippen LogP contribution in [0.25, 0.3) is 11.0 Å². The van der Waals surface area contributed by atoms with Gasteiger partial charge in [-0.1, -0.05) is 26.0 Å². The monoisotopic (exact) mass is 264 g/mol. The van der Waals surface area contributed by atoms with Gasteiger partial charge in [0.15, 0.2) is 0 Å². The maximum atomic E-state index is 9.37. The number of aliphatic hydroxyl groups excluding tert-OH is 1. The predicted molar refractivity (Wildman–Crippen MR) is 77.8 cm³/mol. The molecule has 2 aromatic rings. The Labute approximate surface area is 112 Å². The van der Waals surface area contributed by atoms with Crippen molar-refractivity contribution in [1.29, 1.82) is 0 Å². The Kier molecular flexibility index (Phi) is 4.66. The molecule has 0 aliphatic heterocycles. The molecule has 0 radical (unpaired) electrons. The van der Waals surface area contributed by atoms with Crippen molar-refractivity contribution in [3.63, 3.8) is 0 Å². The molecule has 2 rings (SSSR count). The van der Waals surface area contributed by atoms with Crippen LogP contribution in [0.4, 0.5) is 0 Å². The molecule has 1 heterocycles. The van der Waals surface area contributed by atoms with Gasteiger partial charge >= 0.3 is 0 Å². The second kappa shape index (κ2) is 6.25. The molecule has 0 fully saturated rings. The van der Waals surface area contributed by atoms with Crippen molar-refractivity contribution in [1.82, 2.24) is 9.55 Å². The molecular formula is C14H20N2OS.